The van der Waals surface area contributed by atoms with Crippen LogP contribution in [0.25, 0.3) is 0 Å². The van der Waals surface area contributed by atoms with Crippen molar-refractivity contribution in [3.05, 3.63) is 29.8 Å². The number of hydrogen-bond donors (Lipinski definition) is 3. The number of carbonyl (C=O) groups excluding carboxylic acids is 3. The predicted octanol–water partition coefficient (Wildman–Crippen LogP) is 5.21. The first kappa shape index (κ1) is 29.5. The maximum Gasteiger partial charge on any atom is 0.408 e. The third-order valence-electron chi connectivity index (χ3n) is 6.33. The van der Waals surface area contributed by atoms with Gasteiger partial charge in [0.05, 0.1) is 0 Å². The summed E-state index contributed by atoms with van der Waals surface area (Å²) in [6.07, 6.45) is 9.51. The monoisotopic (exact) mass is 503 g/mol. The molecule has 3 amide bonds. The van der Waals surface area contributed by atoms with E-state index in [1.54, 1.807) is 37.8 Å². The van der Waals surface area contributed by atoms with Crippen LogP contribution in [0.4, 0.5) is 4.79 Å². The van der Waals surface area contributed by atoms with Crippen LogP contribution in [0.1, 0.15) is 104 Å². The Balaban J connectivity index is 2.25. The first-order valence-electron chi connectivity index (χ1n) is 13.5. The number of nitrogens with zero attached hydrogens (tertiary/aromatic N) is 1. The second kappa shape index (κ2) is 14.7. The number of nitrogens with one attached hydrogen (secondary N) is 2. The van der Waals surface area contributed by atoms with Crippen molar-refractivity contribution >= 4 is 17.9 Å². The van der Waals surface area contributed by atoms with Crippen molar-refractivity contribution < 1.29 is 24.2 Å². The predicted molar refractivity (Wildman–Crippen MR) is 141 cm³/mol. The summed E-state index contributed by atoms with van der Waals surface area (Å²) in [6, 6.07) is 5.65. The summed E-state index contributed by atoms with van der Waals surface area (Å²) in [7, 11) is 0. The second-order valence-electron chi connectivity index (χ2n) is 10.7. The smallest absolute Gasteiger partial charge is 0.408 e. The van der Waals surface area contributed by atoms with Gasteiger partial charge in [0, 0.05) is 12.6 Å². The number of phenolic OH excluding ortho intramolecular Hbond substituents is 1. The number of aromatic hydroxyl groups is 1. The van der Waals surface area contributed by atoms with Gasteiger partial charge in [0.2, 0.25) is 11.8 Å². The van der Waals surface area contributed by atoms with Gasteiger partial charge in [0.1, 0.15) is 23.9 Å². The molecular formula is C28H45N3O5. The highest BCUT2D eigenvalue weighted by molar-refractivity contribution is 5.90. The fourth-order valence-corrected chi connectivity index (χ4v) is 4.50. The van der Waals surface area contributed by atoms with Gasteiger partial charge in [-0.25, -0.2) is 4.79 Å². The van der Waals surface area contributed by atoms with Crippen LogP contribution in [0, 0.1) is 0 Å². The van der Waals surface area contributed by atoms with Gasteiger partial charge in [0.25, 0.3) is 0 Å². The van der Waals surface area contributed by atoms with Gasteiger partial charge in [-0.2, -0.15) is 0 Å². The minimum atomic E-state index is -0.855. The SMILES string of the molecule is CCCCCCCN(C(=O)CNC(=O)OC(C)(C)C)C(C(=O)NC1CCCCC1)c1ccc(O)cc1. The van der Waals surface area contributed by atoms with Crippen molar-refractivity contribution in [3.8, 4) is 5.75 Å². The lowest BCUT2D eigenvalue weighted by molar-refractivity contribution is -0.140. The van der Waals surface area contributed by atoms with E-state index in [2.05, 4.69) is 17.6 Å². The standard InChI is InChI=1S/C28H45N3O5/c1-5-6-7-8-12-19-31(24(33)20-29-27(35)36-28(2,3)4)25(21-15-17-23(32)18-16-21)26(34)30-22-13-10-9-11-14-22/h15-18,22,25,32H,5-14,19-20H2,1-4H3,(H,29,35)(H,30,34). The Bertz CT molecular complexity index is 829. The number of rotatable bonds is 12. The van der Waals surface area contributed by atoms with Crippen molar-refractivity contribution in [1.82, 2.24) is 15.5 Å². The average Bonchev–Trinajstić information content (AvgIpc) is 2.82. The molecule has 1 saturated carbocycles. The minimum Gasteiger partial charge on any atom is -0.508 e. The van der Waals surface area contributed by atoms with Crippen LogP contribution in [-0.4, -0.2) is 52.6 Å². The molecule has 1 aromatic rings. The van der Waals surface area contributed by atoms with Gasteiger partial charge in [-0.15, -0.1) is 0 Å². The highest BCUT2D eigenvalue weighted by Crippen LogP contribution is 2.26. The van der Waals surface area contributed by atoms with E-state index in [-0.39, 0.29) is 30.2 Å². The molecule has 0 aromatic heterocycles. The Morgan fingerprint density at radius 2 is 1.67 bits per heavy atom. The first-order chi connectivity index (χ1) is 17.1. The number of alkyl carbamates (subject to hydrolysis) is 1. The molecule has 1 atom stereocenters. The Labute approximate surface area is 216 Å². The lowest BCUT2D eigenvalue weighted by Gasteiger charge is -2.33. The molecule has 2 rings (SSSR count). The zero-order chi connectivity index (χ0) is 26.6. The third-order valence-corrected chi connectivity index (χ3v) is 6.33. The van der Waals surface area contributed by atoms with Crippen LogP contribution in [0.3, 0.4) is 0 Å². The van der Waals surface area contributed by atoms with Crippen LogP contribution in [0.5, 0.6) is 5.75 Å². The summed E-state index contributed by atoms with van der Waals surface area (Å²) >= 11 is 0. The maximum absolute atomic E-state index is 13.6. The Morgan fingerprint density at radius 3 is 2.28 bits per heavy atom. The number of hydrogen-bond acceptors (Lipinski definition) is 5. The van der Waals surface area contributed by atoms with Gasteiger partial charge in [0.15, 0.2) is 0 Å². The van der Waals surface area contributed by atoms with Crippen molar-refractivity contribution in [2.45, 2.75) is 110 Å². The largest absolute Gasteiger partial charge is 0.508 e. The molecule has 202 valence electrons. The van der Waals surface area contributed by atoms with E-state index < -0.39 is 17.7 Å². The summed E-state index contributed by atoms with van der Waals surface area (Å²) in [5, 5.41) is 15.5. The van der Waals surface area contributed by atoms with E-state index in [0.29, 0.717) is 12.1 Å². The van der Waals surface area contributed by atoms with Crippen molar-refractivity contribution in [2.24, 2.45) is 0 Å². The molecule has 0 radical (unpaired) electrons. The van der Waals surface area contributed by atoms with Gasteiger partial charge in [-0.3, -0.25) is 9.59 Å². The Hall–Kier alpha value is -2.77. The van der Waals surface area contributed by atoms with Crippen molar-refractivity contribution in [1.29, 1.82) is 0 Å². The molecular weight excluding hydrogens is 458 g/mol. The van der Waals surface area contributed by atoms with E-state index >= 15 is 0 Å². The molecule has 3 N–H and O–H groups in total. The van der Waals surface area contributed by atoms with Crippen LogP contribution in [0.2, 0.25) is 0 Å². The normalized spacial score (nSPS) is 15.1. The lowest BCUT2D eigenvalue weighted by atomic mass is 9.94. The summed E-state index contributed by atoms with van der Waals surface area (Å²) in [5.74, 6) is -0.491. The van der Waals surface area contributed by atoms with E-state index in [1.807, 2.05) is 0 Å². The molecule has 0 aliphatic heterocycles. The average molecular weight is 504 g/mol. The van der Waals surface area contributed by atoms with E-state index in [9.17, 15) is 19.5 Å². The molecule has 1 aliphatic carbocycles. The van der Waals surface area contributed by atoms with E-state index in [4.69, 9.17) is 4.74 Å². The quantitative estimate of drug-likeness (QED) is 0.340. The fourth-order valence-electron chi connectivity index (χ4n) is 4.50. The van der Waals surface area contributed by atoms with Crippen LogP contribution < -0.4 is 10.6 Å². The molecule has 1 unspecified atom stereocenters. The molecule has 1 fully saturated rings. The van der Waals surface area contributed by atoms with Crippen molar-refractivity contribution in [3.63, 3.8) is 0 Å². The molecule has 0 heterocycles. The van der Waals surface area contributed by atoms with Gasteiger partial charge >= 0.3 is 6.09 Å². The number of amides is 3. The van der Waals surface area contributed by atoms with Gasteiger partial charge in [-0.05, 0) is 57.7 Å². The topological polar surface area (TPSA) is 108 Å². The molecule has 8 nitrogen and oxygen atoms in total. The highest BCUT2D eigenvalue weighted by atomic mass is 16.6. The molecule has 1 aromatic carbocycles. The summed E-state index contributed by atoms with van der Waals surface area (Å²) in [5.41, 5.74) is -0.0547. The fraction of sp³-hybridized carbons (Fsp3) is 0.679. The van der Waals surface area contributed by atoms with Crippen LogP contribution in [0.15, 0.2) is 24.3 Å². The molecule has 1 aliphatic rings. The number of unbranched alkanes of at least 4 members (excludes halogenated alkanes) is 4. The second-order valence-corrected chi connectivity index (χ2v) is 10.7. The summed E-state index contributed by atoms with van der Waals surface area (Å²) < 4.78 is 5.27. The van der Waals surface area contributed by atoms with E-state index in [0.717, 1.165) is 57.8 Å². The molecule has 0 saturated heterocycles. The van der Waals surface area contributed by atoms with E-state index in [1.165, 1.54) is 18.6 Å². The number of ether oxygens (including phenoxy) is 1. The molecule has 8 heteroatoms. The maximum atomic E-state index is 13.6. The molecule has 36 heavy (non-hydrogen) atoms. The first-order valence-corrected chi connectivity index (χ1v) is 13.5. The zero-order valence-corrected chi connectivity index (χ0v) is 22.5. The molecule has 0 bridgehead atoms. The lowest BCUT2D eigenvalue weighted by Crippen LogP contribution is -2.50. The van der Waals surface area contributed by atoms with Gasteiger partial charge in [-0.1, -0.05) is 64.0 Å². The Morgan fingerprint density at radius 1 is 1.03 bits per heavy atom. The molecule has 0 spiro atoms. The van der Waals surface area contributed by atoms with Crippen LogP contribution >= 0.6 is 0 Å². The number of phenols is 1. The highest BCUT2D eigenvalue weighted by Gasteiger charge is 2.33. The number of benzene rings is 1. The summed E-state index contributed by atoms with van der Waals surface area (Å²) in [4.78, 5) is 40.8. The van der Waals surface area contributed by atoms with Gasteiger partial charge < -0.3 is 25.4 Å². The van der Waals surface area contributed by atoms with Crippen molar-refractivity contribution in [2.75, 3.05) is 13.1 Å². The zero-order valence-electron chi connectivity index (χ0n) is 22.5. The summed E-state index contributed by atoms with van der Waals surface area (Å²) in [6.45, 7) is 7.54. The van der Waals surface area contributed by atoms with Crippen LogP contribution in [-0.2, 0) is 14.3 Å². The Kier molecular flexibility index (Phi) is 12.0. The third kappa shape index (κ3) is 10.5. The number of carbonyl (C=O) groups is 3. The minimum absolute atomic E-state index is 0.0901.